The summed E-state index contributed by atoms with van der Waals surface area (Å²) in [5.74, 6) is 3.33. The molecule has 1 fully saturated rings. The number of thioether (sulfide) groups is 2. The van der Waals surface area contributed by atoms with Crippen LogP contribution in [0.2, 0.25) is 5.02 Å². The second-order valence-corrected chi connectivity index (χ2v) is 9.18. The Balaban J connectivity index is 1.61. The summed E-state index contributed by atoms with van der Waals surface area (Å²) in [6.07, 6.45) is -0.650. The summed E-state index contributed by atoms with van der Waals surface area (Å²) in [4.78, 5) is 12.4. The molecule has 4 nitrogen and oxygen atoms in total. The SMILES string of the molecule is COc1cc(C2SCCS2)ccc1OC(C)C(=O)NCc1ccccc1Cl. The standard InChI is InChI=1S/C20H22ClNO3S2/c1-13(19(23)22-12-15-5-3-4-6-16(15)21)25-17-8-7-14(11-18(17)24-2)20-26-9-10-27-20/h3-8,11,13,20H,9-10,12H2,1-2H3,(H,22,23). The van der Waals surface area contributed by atoms with Crippen molar-refractivity contribution < 1.29 is 14.3 Å². The molecule has 1 atom stereocenters. The van der Waals surface area contributed by atoms with Gasteiger partial charge >= 0.3 is 0 Å². The van der Waals surface area contributed by atoms with Gasteiger partial charge in [0.2, 0.25) is 0 Å². The third-order valence-corrected chi connectivity index (χ3v) is 7.64. The Morgan fingerprint density at radius 1 is 1.22 bits per heavy atom. The van der Waals surface area contributed by atoms with E-state index in [4.69, 9.17) is 21.1 Å². The van der Waals surface area contributed by atoms with Gasteiger partial charge in [-0.25, -0.2) is 0 Å². The van der Waals surface area contributed by atoms with Crippen LogP contribution >= 0.6 is 35.1 Å². The van der Waals surface area contributed by atoms with Crippen molar-refractivity contribution in [2.75, 3.05) is 18.6 Å². The summed E-state index contributed by atoms with van der Waals surface area (Å²) in [6, 6.07) is 13.4. The van der Waals surface area contributed by atoms with Crippen LogP contribution in [0.4, 0.5) is 0 Å². The molecule has 2 aromatic carbocycles. The van der Waals surface area contributed by atoms with E-state index < -0.39 is 6.10 Å². The molecule has 0 saturated carbocycles. The zero-order valence-corrected chi connectivity index (χ0v) is 17.6. The average molecular weight is 424 g/mol. The number of hydrogen-bond acceptors (Lipinski definition) is 5. The molecule has 1 saturated heterocycles. The lowest BCUT2D eigenvalue weighted by atomic mass is 10.2. The van der Waals surface area contributed by atoms with Crippen molar-refractivity contribution >= 4 is 41.0 Å². The van der Waals surface area contributed by atoms with Gasteiger partial charge < -0.3 is 14.8 Å². The number of halogens is 1. The number of carbonyl (C=O) groups excluding carboxylic acids is 1. The van der Waals surface area contributed by atoms with Crippen LogP contribution in [0, 0.1) is 0 Å². The highest BCUT2D eigenvalue weighted by Gasteiger charge is 2.21. The second kappa shape index (κ2) is 9.62. The van der Waals surface area contributed by atoms with Crippen LogP contribution in [0.1, 0.15) is 22.6 Å². The Kier molecular flexibility index (Phi) is 7.21. The predicted octanol–water partition coefficient (Wildman–Crippen LogP) is 4.91. The first-order valence-corrected chi connectivity index (χ1v) is 11.1. The fourth-order valence-corrected chi connectivity index (χ4v) is 5.73. The number of rotatable bonds is 7. The maximum atomic E-state index is 12.4. The van der Waals surface area contributed by atoms with Gasteiger partial charge in [0.05, 0.1) is 11.7 Å². The minimum absolute atomic E-state index is 0.206. The van der Waals surface area contributed by atoms with E-state index in [1.807, 2.05) is 59.9 Å². The molecule has 0 aromatic heterocycles. The molecular formula is C20H22ClNO3S2. The molecule has 0 spiro atoms. The van der Waals surface area contributed by atoms with Gasteiger partial charge in [0, 0.05) is 23.1 Å². The van der Waals surface area contributed by atoms with Gasteiger partial charge in [0.25, 0.3) is 5.91 Å². The molecule has 0 aliphatic carbocycles. The fourth-order valence-electron chi connectivity index (χ4n) is 2.69. The maximum absolute atomic E-state index is 12.4. The van der Waals surface area contributed by atoms with Crippen molar-refractivity contribution in [3.63, 3.8) is 0 Å². The van der Waals surface area contributed by atoms with Gasteiger partial charge in [-0.3, -0.25) is 4.79 Å². The summed E-state index contributed by atoms with van der Waals surface area (Å²) < 4.78 is 11.8. The van der Waals surface area contributed by atoms with E-state index in [-0.39, 0.29) is 5.91 Å². The minimum atomic E-state index is -0.650. The van der Waals surface area contributed by atoms with E-state index in [0.29, 0.717) is 27.6 Å². The Hall–Kier alpha value is -1.50. The minimum Gasteiger partial charge on any atom is -0.493 e. The van der Waals surface area contributed by atoms with E-state index in [9.17, 15) is 4.79 Å². The third kappa shape index (κ3) is 5.27. The van der Waals surface area contributed by atoms with Crippen LogP contribution < -0.4 is 14.8 Å². The molecule has 1 aliphatic rings. The van der Waals surface area contributed by atoms with Crippen molar-refractivity contribution in [2.45, 2.75) is 24.2 Å². The molecule has 7 heteroatoms. The number of nitrogens with one attached hydrogen (secondary N) is 1. The van der Waals surface area contributed by atoms with Gasteiger partial charge in [0.15, 0.2) is 17.6 Å². The molecule has 1 amide bonds. The lowest BCUT2D eigenvalue weighted by Crippen LogP contribution is -2.36. The van der Waals surface area contributed by atoms with E-state index >= 15 is 0 Å². The second-order valence-electron chi connectivity index (χ2n) is 6.05. The lowest BCUT2D eigenvalue weighted by molar-refractivity contribution is -0.127. The molecule has 0 radical (unpaired) electrons. The normalized spacial score (nSPS) is 15.4. The first kappa shape index (κ1) is 20.2. The Morgan fingerprint density at radius 2 is 1.96 bits per heavy atom. The third-order valence-electron chi connectivity index (χ3n) is 4.17. The van der Waals surface area contributed by atoms with Crippen molar-refractivity contribution in [1.82, 2.24) is 5.32 Å². The number of ether oxygens (including phenoxy) is 2. The lowest BCUT2D eigenvalue weighted by Gasteiger charge is -2.18. The van der Waals surface area contributed by atoms with Crippen molar-refractivity contribution in [3.8, 4) is 11.5 Å². The van der Waals surface area contributed by atoms with Crippen LogP contribution in [0.25, 0.3) is 0 Å². The molecule has 1 heterocycles. The molecule has 1 aliphatic heterocycles. The van der Waals surface area contributed by atoms with Crippen LogP contribution in [-0.4, -0.2) is 30.6 Å². The van der Waals surface area contributed by atoms with Crippen molar-refractivity contribution in [1.29, 1.82) is 0 Å². The van der Waals surface area contributed by atoms with Gasteiger partial charge in [-0.1, -0.05) is 35.9 Å². The maximum Gasteiger partial charge on any atom is 0.261 e. The largest absolute Gasteiger partial charge is 0.493 e. The zero-order chi connectivity index (χ0) is 19.2. The van der Waals surface area contributed by atoms with Crippen LogP contribution in [-0.2, 0) is 11.3 Å². The number of carbonyl (C=O) groups is 1. The Morgan fingerprint density at radius 3 is 2.67 bits per heavy atom. The van der Waals surface area contributed by atoms with E-state index in [2.05, 4.69) is 5.32 Å². The first-order chi connectivity index (χ1) is 13.1. The van der Waals surface area contributed by atoms with E-state index in [1.165, 1.54) is 17.1 Å². The summed E-state index contributed by atoms with van der Waals surface area (Å²) in [6.45, 7) is 2.08. The van der Waals surface area contributed by atoms with Crippen LogP contribution in [0.15, 0.2) is 42.5 Å². The average Bonchev–Trinajstić information content (AvgIpc) is 3.22. The summed E-state index contributed by atoms with van der Waals surface area (Å²) in [7, 11) is 1.61. The summed E-state index contributed by atoms with van der Waals surface area (Å²) in [5, 5.41) is 3.49. The summed E-state index contributed by atoms with van der Waals surface area (Å²) in [5.41, 5.74) is 2.08. The number of benzene rings is 2. The molecule has 1 N–H and O–H groups in total. The van der Waals surface area contributed by atoms with Crippen LogP contribution in [0.3, 0.4) is 0 Å². The highest BCUT2D eigenvalue weighted by molar-refractivity contribution is 8.19. The topological polar surface area (TPSA) is 47.6 Å². The number of hydrogen-bond donors (Lipinski definition) is 1. The quantitative estimate of drug-likeness (QED) is 0.685. The van der Waals surface area contributed by atoms with Gasteiger partial charge in [-0.05, 0) is 36.2 Å². The molecule has 27 heavy (non-hydrogen) atoms. The molecule has 0 bridgehead atoms. The predicted molar refractivity (Wildman–Crippen MR) is 114 cm³/mol. The van der Waals surface area contributed by atoms with Crippen molar-refractivity contribution in [2.24, 2.45) is 0 Å². The van der Waals surface area contributed by atoms with Gasteiger partial charge in [0.1, 0.15) is 0 Å². The molecule has 3 rings (SSSR count). The monoisotopic (exact) mass is 423 g/mol. The van der Waals surface area contributed by atoms with E-state index in [1.54, 1.807) is 20.1 Å². The van der Waals surface area contributed by atoms with Gasteiger partial charge in [-0.15, -0.1) is 23.5 Å². The smallest absolute Gasteiger partial charge is 0.261 e. The highest BCUT2D eigenvalue weighted by atomic mass is 35.5. The van der Waals surface area contributed by atoms with E-state index in [0.717, 1.165) is 5.56 Å². The molecule has 1 unspecified atom stereocenters. The first-order valence-electron chi connectivity index (χ1n) is 8.67. The fraction of sp³-hybridized carbons (Fsp3) is 0.350. The number of amides is 1. The molecular weight excluding hydrogens is 402 g/mol. The molecule has 2 aromatic rings. The number of methoxy groups -OCH3 is 1. The zero-order valence-electron chi connectivity index (χ0n) is 15.2. The van der Waals surface area contributed by atoms with Crippen LogP contribution in [0.5, 0.6) is 11.5 Å². The van der Waals surface area contributed by atoms with Gasteiger partial charge in [-0.2, -0.15) is 0 Å². The van der Waals surface area contributed by atoms with Crippen molar-refractivity contribution in [3.05, 3.63) is 58.6 Å². The Labute approximate surface area is 173 Å². The highest BCUT2D eigenvalue weighted by Crippen LogP contribution is 2.47. The Bertz CT molecular complexity index is 797. The molecule has 144 valence electrons. The summed E-state index contributed by atoms with van der Waals surface area (Å²) >= 11 is 10.00.